The van der Waals surface area contributed by atoms with Crippen molar-refractivity contribution >= 4 is 18.5 Å². The third-order valence-corrected chi connectivity index (χ3v) is 1.16. The summed E-state index contributed by atoms with van der Waals surface area (Å²) in [4.78, 5) is 25.0. The van der Waals surface area contributed by atoms with Gasteiger partial charge in [0.25, 0.3) is 0 Å². The molecule has 1 aliphatic rings. The van der Waals surface area contributed by atoms with Crippen LogP contribution in [0.5, 0.6) is 0 Å². The molecule has 9 nitrogen and oxygen atoms in total. The fourth-order valence-electron chi connectivity index (χ4n) is 0.760. The van der Waals surface area contributed by atoms with E-state index in [-0.39, 0.29) is 21.1 Å². The Morgan fingerprint density at radius 3 is 0.842 bits per heavy atom. The summed E-state index contributed by atoms with van der Waals surface area (Å²) in [6.07, 6.45) is 3.00. The molecule has 1 aliphatic carbocycles. The van der Waals surface area contributed by atoms with E-state index in [0.717, 1.165) is 0 Å². The van der Waals surface area contributed by atoms with Gasteiger partial charge in [-0.15, -0.1) is 0 Å². The zero-order valence-electron chi connectivity index (χ0n) is 9.57. The van der Waals surface area contributed by atoms with Gasteiger partial charge in [-0.3, -0.25) is 0 Å². The van der Waals surface area contributed by atoms with Crippen LogP contribution in [0.4, 0.5) is 14.4 Å². The van der Waals surface area contributed by atoms with Gasteiger partial charge in [0.2, 0.25) is 0 Å². The van der Waals surface area contributed by atoms with Crippen molar-refractivity contribution in [2.24, 2.45) is 0 Å². The van der Waals surface area contributed by atoms with Gasteiger partial charge in [0, 0.05) is 0 Å². The molecule has 0 N–H and O–H groups in total. The molecule has 0 radical (unpaired) electrons. The van der Waals surface area contributed by atoms with Crippen molar-refractivity contribution in [3.8, 4) is 0 Å². The van der Waals surface area contributed by atoms with Crippen molar-refractivity contribution in [1.82, 2.24) is 0 Å². The van der Waals surface area contributed by atoms with Crippen LogP contribution in [0.25, 0.3) is 0 Å². The van der Waals surface area contributed by atoms with Gasteiger partial charge < -0.3 is 45.0 Å². The number of carbonyl (C=O) groups excluding carboxylic acids is 3. The SMILES string of the molecule is C1=CCCCC1.O=C([O-])[O-].O=C([O-])[O-].O=C([O-])[O-].[Mo+6]. The molecule has 0 saturated carbocycles. The van der Waals surface area contributed by atoms with Crippen molar-refractivity contribution in [3.63, 3.8) is 0 Å². The molecule has 1 rings (SSSR count). The standard InChI is InChI=1S/C6H10.3CH2O3.Mo/c1-2-4-6-5-3-1;3*2-1(3)4;/h1-2H,3-6H2;3*(H2,2,3,4);/q;;;;+6/p-6. The van der Waals surface area contributed by atoms with Crippen molar-refractivity contribution in [2.75, 3.05) is 0 Å². The summed E-state index contributed by atoms with van der Waals surface area (Å²) in [6, 6.07) is 0. The number of carbonyl (C=O) groups is 3. The number of hydrogen-bond donors (Lipinski definition) is 0. The van der Waals surface area contributed by atoms with Crippen LogP contribution in [-0.4, -0.2) is 18.5 Å². The average molecular weight is 358 g/mol. The van der Waals surface area contributed by atoms with Crippen LogP contribution in [0.2, 0.25) is 0 Å². The van der Waals surface area contributed by atoms with Crippen molar-refractivity contribution < 1.29 is 66.1 Å². The minimum Gasteiger partial charge on any atom is -0.652 e. The Morgan fingerprint density at radius 2 is 0.789 bits per heavy atom. The van der Waals surface area contributed by atoms with Gasteiger partial charge in [0.1, 0.15) is 0 Å². The largest absolute Gasteiger partial charge is 6.00 e. The average Bonchev–Trinajstić information content (AvgIpc) is 2.17. The Kier molecular flexibility index (Phi) is 29.4. The molecule has 0 aliphatic heterocycles. The van der Waals surface area contributed by atoms with E-state index in [1.165, 1.54) is 25.7 Å². The minimum atomic E-state index is -2.33. The molecule has 0 unspecified atom stereocenters. The maximum Gasteiger partial charge on any atom is 6.00 e. The zero-order valence-corrected chi connectivity index (χ0v) is 11.6. The van der Waals surface area contributed by atoms with E-state index in [9.17, 15) is 0 Å². The first kappa shape index (κ1) is 25.9. The summed E-state index contributed by atoms with van der Waals surface area (Å²) < 4.78 is 0. The fraction of sp³-hybridized carbons (Fsp3) is 0.444. The van der Waals surface area contributed by atoms with Crippen LogP contribution < -0.4 is 30.6 Å². The Balaban J connectivity index is -0.0000000796. The summed E-state index contributed by atoms with van der Waals surface area (Å²) in [5.41, 5.74) is 0. The smallest absolute Gasteiger partial charge is 0.652 e. The molecule has 0 heterocycles. The van der Waals surface area contributed by atoms with Crippen molar-refractivity contribution in [3.05, 3.63) is 12.2 Å². The van der Waals surface area contributed by atoms with Gasteiger partial charge in [0.05, 0.1) is 0 Å². The van der Waals surface area contributed by atoms with Gasteiger partial charge >= 0.3 is 21.1 Å². The molecule has 10 heteroatoms. The number of rotatable bonds is 0. The van der Waals surface area contributed by atoms with E-state index >= 15 is 0 Å². The first-order chi connectivity index (χ1) is 8.20. The molecule has 0 amide bonds. The summed E-state index contributed by atoms with van der Waals surface area (Å²) >= 11 is 0. The topological polar surface area (TPSA) is 190 Å². The molecule has 0 fully saturated rings. The first-order valence-corrected chi connectivity index (χ1v) is 4.49. The second-order valence-electron chi connectivity index (χ2n) is 2.51. The molecule has 106 valence electrons. The van der Waals surface area contributed by atoms with Gasteiger partial charge in [0.15, 0.2) is 0 Å². The van der Waals surface area contributed by atoms with E-state index in [4.69, 9.17) is 45.0 Å². The van der Waals surface area contributed by atoms with Crippen LogP contribution in [0.1, 0.15) is 25.7 Å². The van der Waals surface area contributed by atoms with Gasteiger partial charge in [-0.1, -0.05) is 12.2 Å². The molecule has 0 atom stereocenters. The number of hydrogen-bond acceptors (Lipinski definition) is 9. The molecule has 0 aromatic heterocycles. The van der Waals surface area contributed by atoms with Gasteiger partial charge in [-0.25, -0.2) is 0 Å². The third-order valence-electron chi connectivity index (χ3n) is 1.16. The predicted octanol–water partition coefficient (Wildman–Crippen LogP) is -5.23. The molecule has 0 saturated heterocycles. The Bertz CT molecular complexity index is 216. The number of allylic oxidation sites excluding steroid dienone is 2. The summed E-state index contributed by atoms with van der Waals surface area (Å²) in [5.74, 6) is 0. The predicted molar refractivity (Wildman–Crippen MR) is 43.8 cm³/mol. The molecule has 0 aromatic carbocycles. The Labute approximate surface area is 123 Å². The van der Waals surface area contributed by atoms with E-state index in [1.807, 2.05) is 0 Å². The van der Waals surface area contributed by atoms with Crippen LogP contribution in [0, 0.1) is 0 Å². The summed E-state index contributed by atoms with van der Waals surface area (Å²) in [7, 11) is 0. The van der Waals surface area contributed by atoms with Crippen LogP contribution in [0.3, 0.4) is 0 Å². The Morgan fingerprint density at radius 1 is 0.632 bits per heavy atom. The maximum atomic E-state index is 8.33. The van der Waals surface area contributed by atoms with Gasteiger partial charge in [-0.2, -0.15) is 0 Å². The summed E-state index contributed by atoms with van der Waals surface area (Å²) in [5, 5.41) is 50.0. The van der Waals surface area contributed by atoms with Crippen molar-refractivity contribution in [1.29, 1.82) is 0 Å². The quantitative estimate of drug-likeness (QED) is 0.301. The fourth-order valence-corrected chi connectivity index (χ4v) is 0.760. The normalized spacial score (nSPS) is 10.5. The first-order valence-electron chi connectivity index (χ1n) is 4.49. The molecule has 0 aromatic rings. The third kappa shape index (κ3) is 183. The second kappa shape index (κ2) is 21.5. The summed E-state index contributed by atoms with van der Waals surface area (Å²) in [6.45, 7) is 0. The van der Waals surface area contributed by atoms with Crippen LogP contribution in [-0.2, 0) is 21.1 Å². The van der Waals surface area contributed by atoms with E-state index in [1.54, 1.807) is 0 Å². The van der Waals surface area contributed by atoms with E-state index in [2.05, 4.69) is 12.2 Å². The van der Waals surface area contributed by atoms with Crippen LogP contribution >= 0.6 is 0 Å². The minimum absolute atomic E-state index is 0. The van der Waals surface area contributed by atoms with Crippen LogP contribution in [0.15, 0.2) is 12.2 Å². The molecule has 19 heavy (non-hydrogen) atoms. The maximum absolute atomic E-state index is 8.33. The van der Waals surface area contributed by atoms with E-state index in [0.29, 0.717) is 0 Å². The molecular weight excluding hydrogens is 348 g/mol. The molecule has 0 spiro atoms. The monoisotopic (exact) mass is 360 g/mol. The zero-order chi connectivity index (χ0) is 15.0. The van der Waals surface area contributed by atoms with E-state index < -0.39 is 18.5 Å². The van der Waals surface area contributed by atoms with Gasteiger partial charge in [-0.05, 0) is 44.1 Å². The van der Waals surface area contributed by atoms with Crippen molar-refractivity contribution in [2.45, 2.75) is 25.7 Å². The Hall–Kier alpha value is -1.76. The number of carboxylic acid groups (broad SMARTS) is 6. The molecular formula is C9H10MoO9. The molecule has 0 bridgehead atoms. The second-order valence-corrected chi connectivity index (χ2v) is 2.51.